The van der Waals surface area contributed by atoms with E-state index in [0.29, 0.717) is 0 Å². The van der Waals surface area contributed by atoms with E-state index in [1.165, 1.54) is 24.3 Å². The second kappa shape index (κ2) is 7.45. The molecule has 0 saturated heterocycles. The second-order valence-corrected chi connectivity index (χ2v) is 5.10. The largest absolute Gasteiger partial charge is 0.508 e. The zero-order valence-corrected chi connectivity index (χ0v) is 11.3. The molecular weight excluding hydrogens is 234 g/mol. The van der Waals surface area contributed by atoms with Crippen LogP contribution in [-0.2, 0) is 0 Å². The number of thioether (sulfide) groups is 1. The Morgan fingerprint density at radius 2 is 2.06 bits per heavy atom. The summed E-state index contributed by atoms with van der Waals surface area (Å²) in [6, 6.07) is 4.67. The van der Waals surface area contributed by atoms with Gasteiger partial charge >= 0.3 is 0 Å². The van der Waals surface area contributed by atoms with Crippen LogP contribution >= 0.6 is 11.8 Å². The zero-order valence-electron chi connectivity index (χ0n) is 10.4. The molecule has 0 heterocycles. The molecule has 1 aromatic carbocycles. The van der Waals surface area contributed by atoms with Gasteiger partial charge in [-0.3, -0.25) is 0 Å². The Labute approximate surface area is 107 Å². The van der Waals surface area contributed by atoms with Gasteiger partial charge in [-0.05, 0) is 56.5 Å². The maximum atomic E-state index is 9.69. The van der Waals surface area contributed by atoms with Crippen molar-refractivity contribution in [2.75, 3.05) is 18.6 Å². The van der Waals surface area contributed by atoms with Gasteiger partial charge in [-0.25, -0.2) is 0 Å². The molecule has 0 amide bonds. The molecular formula is C13H21NO2S. The van der Waals surface area contributed by atoms with Crippen LogP contribution in [0.5, 0.6) is 11.5 Å². The topological polar surface area (TPSA) is 52.5 Å². The summed E-state index contributed by atoms with van der Waals surface area (Å²) in [6.07, 6.45) is 4.44. The summed E-state index contributed by atoms with van der Waals surface area (Å²) in [5.41, 5.74) is 0.745. The van der Waals surface area contributed by atoms with Crippen molar-refractivity contribution in [3.63, 3.8) is 0 Å². The first-order chi connectivity index (χ1) is 8.15. The van der Waals surface area contributed by atoms with Crippen molar-refractivity contribution < 1.29 is 10.2 Å². The normalized spacial score (nSPS) is 12.6. The van der Waals surface area contributed by atoms with Gasteiger partial charge in [-0.2, -0.15) is 11.8 Å². The predicted octanol–water partition coefficient (Wildman–Crippen LogP) is 2.89. The molecule has 0 aromatic heterocycles. The van der Waals surface area contributed by atoms with Crippen LogP contribution in [0.25, 0.3) is 0 Å². The SMILES string of the molecule is CSCCCCNC(C)c1cc(O)ccc1O. The summed E-state index contributed by atoms with van der Waals surface area (Å²) in [4.78, 5) is 0. The molecule has 96 valence electrons. The van der Waals surface area contributed by atoms with Gasteiger partial charge in [-0.15, -0.1) is 0 Å². The molecule has 0 fully saturated rings. The van der Waals surface area contributed by atoms with Crippen molar-refractivity contribution in [3.05, 3.63) is 23.8 Å². The van der Waals surface area contributed by atoms with Gasteiger partial charge in [0.2, 0.25) is 0 Å². The molecule has 1 rings (SSSR count). The van der Waals surface area contributed by atoms with Crippen molar-refractivity contribution in [3.8, 4) is 11.5 Å². The van der Waals surface area contributed by atoms with Gasteiger partial charge in [0, 0.05) is 11.6 Å². The Morgan fingerprint density at radius 1 is 1.29 bits per heavy atom. The smallest absolute Gasteiger partial charge is 0.120 e. The lowest BCUT2D eigenvalue weighted by Crippen LogP contribution is -2.20. The molecule has 0 radical (unpaired) electrons. The third kappa shape index (κ3) is 4.88. The average Bonchev–Trinajstić information content (AvgIpc) is 2.32. The Balaban J connectivity index is 2.41. The van der Waals surface area contributed by atoms with Crippen molar-refractivity contribution >= 4 is 11.8 Å². The van der Waals surface area contributed by atoms with Crippen LogP contribution in [0.3, 0.4) is 0 Å². The summed E-state index contributed by atoms with van der Waals surface area (Å²) in [5, 5.41) is 22.4. The molecule has 17 heavy (non-hydrogen) atoms. The van der Waals surface area contributed by atoms with Crippen molar-refractivity contribution in [1.82, 2.24) is 5.32 Å². The van der Waals surface area contributed by atoms with Crippen molar-refractivity contribution in [2.24, 2.45) is 0 Å². The number of phenolic OH excluding ortho intramolecular Hbond substituents is 2. The van der Waals surface area contributed by atoms with Crippen LogP contribution in [-0.4, -0.2) is 28.8 Å². The molecule has 0 aliphatic carbocycles. The molecule has 3 N–H and O–H groups in total. The molecule has 1 aromatic rings. The lowest BCUT2D eigenvalue weighted by atomic mass is 10.1. The fourth-order valence-corrected chi connectivity index (χ4v) is 2.18. The first-order valence-electron chi connectivity index (χ1n) is 5.89. The van der Waals surface area contributed by atoms with E-state index in [-0.39, 0.29) is 17.5 Å². The highest BCUT2D eigenvalue weighted by atomic mass is 32.2. The van der Waals surface area contributed by atoms with E-state index in [2.05, 4.69) is 11.6 Å². The van der Waals surface area contributed by atoms with Crippen LogP contribution in [0.1, 0.15) is 31.4 Å². The first kappa shape index (κ1) is 14.2. The lowest BCUT2D eigenvalue weighted by molar-refractivity contribution is 0.440. The minimum Gasteiger partial charge on any atom is -0.508 e. The molecule has 1 unspecified atom stereocenters. The number of rotatable bonds is 7. The summed E-state index contributed by atoms with van der Waals surface area (Å²) < 4.78 is 0. The highest BCUT2D eigenvalue weighted by Gasteiger charge is 2.10. The Morgan fingerprint density at radius 3 is 2.76 bits per heavy atom. The fraction of sp³-hybridized carbons (Fsp3) is 0.538. The number of aromatic hydroxyl groups is 2. The standard InChI is InChI=1S/C13H21NO2S/c1-10(14-7-3-4-8-17-2)12-9-11(15)5-6-13(12)16/h5-6,9-10,14-16H,3-4,7-8H2,1-2H3. The third-order valence-electron chi connectivity index (χ3n) is 2.70. The molecule has 4 heteroatoms. The van der Waals surface area contributed by atoms with Crippen molar-refractivity contribution in [2.45, 2.75) is 25.8 Å². The monoisotopic (exact) mass is 255 g/mol. The van der Waals surface area contributed by atoms with E-state index in [1.807, 2.05) is 18.7 Å². The van der Waals surface area contributed by atoms with E-state index in [0.717, 1.165) is 18.5 Å². The number of phenols is 2. The van der Waals surface area contributed by atoms with Crippen LogP contribution in [0, 0.1) is 0 Å². The Bertz CT molecular complexity index is 344. The summed E-state index contributed by atoms with van der Waals surface area (Å²) in [6.45, 7) is 2.92. The predicted molar refractivity (Wildman–Crippen MR) is 73.8 cm³/mol. The molecule has 0 spiro atoms. The lowest BCUT2D eigenvalue weighted by Gasteiger charge is -2.15. The Kier molecular flexibility index (Phi) is 6.22. The number of nitrogens with one attached hydrogen (secondary N) is 1. The minimum absolute atomic E-state index is 0.0522. The zero-order chi connectivity index (χ0) is 12.7. The molecule has 0 bridgehead atoms. The summed E-state index contributed by atoms with van der Waals surface area (Å²) in [7, 11) is 0. The van der Waals surface area contributed by atoms with Gasteiger partial charge in [0.1, 0.15) is 11.5 Å². The summed E-state index contributed by atoms with van der Waals surface area (Å²) >= 11 is 1.86. The molecule has 0 aliphatic rings. The quantitative estimate of drug-likeness (QED) is 0.518. The maximum Gasteiger partial charge on any atom is 0.120 e. The number of hydrogen-bond donors (Lipinski definition) is 3. The minimum atomic E-state index is 0.0522. The van der Waals surface area contributed by atoms with E-state index in [4.69, 9.17) is 0 Å². The number of hydrogen-bond acceptors (Lipinski definition) is 4. The van der Waals surface area contributed by atoms with Gasteiger partial charge < -0.3 is 15.5 Å². The Hall–Kier alpha value is -0.870. The van der Waals surface area contributed by atoms with E-state index < -0.39 is 0 Å². The number of benzene rings is 1. The van der Waals surface area contributed by atoms with Gasteiger partial charge in [0.25, 0.3) is 0 Å². The van der Waals surface area contributed by atoms with Gasteiger partial charge in [0.15, 0.2) is 0 Å². The van der Waals surface area contributed by atoms with E-state index in [9.17, 15) is 10.2 Å². The van der Waals surface area contributed by atoms with Crippen LogP contribution < -0.4 is 5.32 Å². The molecule has 0 aliphatic heterocycles. The highest BCUT2D eigenvalue weighted by molar-refractivity contribution is 7.98. The van der Waals surface area contributed by atoms with Gasteiger partial charge in [-0.1, -0.05) is 0 Å². The molecule has 1 atom stereocenters. The van der Waals surface area contributed by atoms with Crippen LogP contribution in [0.15, 0.2) is 18.2 Å². The number of unbranched alkanes of at least 4 members (excludes halogenated alkanes) is 1. The van der Waals surface area contributed by atoms with E-state index in [1.54, 1.807) is 6.07 Å². The molecule has 3 nitrogen and oxygen atoms in total. The molecule has 0 saturated carbocycles. The second-order valence-electron chi connectivity index (χ2n) is 4.12. The van der Waals surface area contributed by atoms with Crippen molar-refractivity contribution in [1.29, 1.82) is 0 Å². The first-order valence-corrected chi connectivity index (χ1v) is 7.28. The highest BCUT2D eigenvalue weighted by Crippen LogP contribution is 2.27. The summed E-state index contributed by atoms with van der Waals surface area (Å²) in [5.74, 6) is 1.61. The van der Waals surface area contributed by atoms with Gasteiger partial charge in [0.05, 0.1) is 0 Å². The third-order valence-corrected chi connectivity index (χ3v) is 3.40. The van der Waals surface area contributed by atoms with Crippen LogP contribution in [0.4, 0.5) is 0 Å². The van der Waals surface area contributed by atoms with Crippen LogP contribution in [0.2, 0.25) is 0 Å². The maximum absolute atomic E-state index is 9.69. The van der Waals surface area contributed by atoms with E-state index >= 15 is 0 Å². The average molecular weight is 255 g/mol. The fourth-order valence-electron chi connectivity index (χ4n) is 1.69.